The summed E-state index contributed by atoms with van der Waals surface area (Å²) in [4.78, 5) is 14.1. The molecule has 24 heavy (non-hydrogen) atoms. The fourth-order valence-electron chi connectivity index (χ4n) is 2.40. The molecule has 5 heteroatoms. The quantitative estimate of drug-likeness (QED) is 0.782. The number of carbonyl (C=O) groups excluding carboxylic acids is 1. The Morgan fingerprint density at radius 3 is 2.71 bits per heavy atom. The number of phenols is 1. The van der Waals surface area contributed by atoms with E-state index in [1.807, 2.05) is 6.07 Å². The van der Waals surface area contributed by atoms with Crippen molar-refractivity contribution in [1.29, 1.82) is 0 Å². The van der Waals surface area contributed by atoms with E-state index in [0.29, 0.717) is 12.3 Å². The Kier molecular flexibility index (Phi) is 6.49. The maximum atomic E-state index is 11.9. The van der Waals surface area contributed by atoms with Crippen molar-refractivity contribution in [3.63, 3.8) is 0 Å². The number of nitrogens with one attached hydrogen (secondary N) is 1. The molecule has 0 unspecified atom stereocenters. The number of para-hydroxylation sites is 2. The van der Waals surface area contributed by atoms with Crippen LogP contribution in [0.1, 0.15) is 12.5 Å². The highest BCUT2D eigenvalue weighted by atomic mass is 16.5. The minimum Gasteiger partial charge on any atom is -0.504 e. The molecule has 0 aromatic heterocycles. The van der Waals surface area contributed by atoms with Gasteiger partial charge in [0.2, 0.25) is 0 Å². The maximum absolute atomic E-state index is 11.9. The number of nitrogens with zero attached hydrogens (tertiary/aromatic N) is 1. The van der Waals surface area contributed by atoms with Gasteiger partial charge in [-0.15, -0.1) is 0 Å². The maximum Gasteiger partial charge on any atom is 0.258 e. The van der Waals surface area contributed by atoms with Gasteiger partial charge in [-0.3, -0.25) is 4.79 Å². The molecule has 2 N–H and O–H groups in total. The molecule has 0 bridgehead atoms. The Morgan fingerprint density at radius 1 is 1.21 bits per heavy atom. The molecule has 0 radical (unpaired) electrons. The lowest BCUT2D eigenvalue weighted by atomic mass is 10.2. The molecular formula is C19H24N2O3. The van der Waals surface area contributed by atoms with Crippen molar-refractivity contribution >= 4 is 11.6 Å². The molecule has 1 amide bonds. The van der Waals surface area contributed by atoms with Gasteiger partial charge in [-0.1, -0.05) is 24.3 Å². The third-order valence-corrected chi connectivity index (χ3v) is 3.68. The largest absolute Gasteiger partial charge is 0.504 e. The molecule has 0 spiro atoms. The Balaban J connectivity index is 1.76. The minimum atomic E-state index is -0.210. The number of carbonyl (C=O) groups is 1. The van der Waals surface area contributed by atoms with Crippen molar-refractivity contribution in [2.45, 2.75) is 13.8 Å². The summed E-state index contributed by atoms with van der Waals surface area (Å²) in [5.74, 6) is 0.128. The zero-order valence-corrected chi connectivity index (χ0v) is 14.2. The summed E-state index contributed by atoms with van der Waals surface area (Å²) in [6, 6.07) is 14.9. The van der Waals surface area contributed by atoms with Crippen molar-refractivity contribution in [2.75, 3.05) is 31.1 Å². The molecule has 0 aliphatic heterocycles. The number of hydrogen-bond acceptors (Lipinski definition) is 4. The van der Waals surface area contributed by atoms with Gasteiger partial charge in [0.05, 0.1) is 0 Å². The van der Waals surface area contributed by atoms with Gasteiger partial charge < -0.3 is 20.1 Å². The third kappa shape index (κ3) is 5.19. The van der Waals surface area contributed by atoms with E-state index in [9.17, 15) is 9.90 Å². The van der Waals surface area contributed by atoms with E-state index in [4.69, 9.17) is 4.74 Å². The van der Waals surface area contributed by atoms with Crippen LogP contribution >= 0.6 is 0 Å². The van der Waals surface area contributed by atoms with Crippen molar-refractivity contribution in [3.05, 3.63) is 54.1 Å². The zero-order chi connectivity index (χ0) is 17.4. The third-order valence-electron chi connectivity index (χ3n) is 3.68. The van der Waals surface area contributed by atoms with Crippen LogP contribution in [0.3, 0.4) is 0 Å². The van der Waals surface area contributed by atoms with Crippen LogP contribution in [0.2, 0.25) is 0 Å². The summed E-state index contributed by atoms with van der Waals surface area (Å²) in [7, 11) is 0. The first-order valence-corrected chi connectivity index (χ1v) is 8.09. The standard InChI is InChI=1S/C19H24N2O3/c1-3-21(16-8-6-7-15(2)13-16)12-11-20-19(23)14-24-18-10-5-4-9-17(18)22/h4-10,13,22H,3,11-12,14H2,1-2H3,(H,20,23). The lowest BCUT2D eigenvalue weighted by Gasteiger charge is -2.23. The second-order valence-electron chi connectivity index (χ2n) is 5.53. The summed E-state index contributed by atoms with van der Waals surface area (Å²) in [5, 5.41) is 12.4. The summed E-state index contributed by atoms with van der Waals surface area (Å²) in [6.07, 6.45) is 0. The number of hydrogen-bond donors (Lipinski definition) is 2. The van der Waals surface area contributed by atoms with Gasteiger partial charge in [-0.05, 0) is 43.7 Å². The van der Waals surface area contributed by atoms with E-state index in [-0.39, 0.29) is 18.3 Å². The zero-order valence-electron chi connectivity index (χ0n) is 14.2. The van der Waals surface area contributed by atoms with Gasteiger partial charge in [0, 0.05) is 25.3 Å². The van der Waals surface area contributed by atoms with Crippen molar-refractivity contribution in [1.82, 2.24) is 5.32 Å². The predicted octanol–water partition coefficient (Wildman–Crippen LogP) is 2.72. The number of phenolic OH excluding ortho intramolecular Hbond substituents is 1. The van der Waals surface area contributed by atoms with Crippen LogP contribution in [0.25, 0.3) is 0 Å². The topological polar surface area (TPSA) is 61.8 Å². The molecule has 2 aromatic carbocycles. The van der Waals surface area contributed by atoms with Crippen LogP contribution in [0.4, 0.5) is 5.69 Å². The Hall–Kier alpha value is -2.69. The molecule has 0 saturated carbocycles. The predicted molar refractivity (Wildman–Crippen MR) is 95.7 cm³/mol. The normalized spacial score (nSPS) is 10.2. The van der Waals surface area contributed by atoms with E-state index < -0.39 is 0 Å². The molecule has 128 valence electrons. The molecule has 0 aliphatic rings. The average Bonchev–Trinajstić information content (AvgIpc) is 2.58. The van der Waals surface area contributed by atoms with E-state index in [0.717, 1.165) is 18.8 Å². The second-order valence-corrected chi connectivity index (χ2v) is 5.53. The van der Waals surface area contributed by atoms with Crippen LogP contribution in [-0.2, 0) is 4.79 Å². The van der Waals surface area contributed by atoms with Crippen LogP contribution in [0.5, 0.6) is 11.5 Å². The molecule has 5 nitrogen and oxygen atoms in total. The van der Waals surface area contributed by atoms with Crippen LogP contribution in [0.15, 0.2) is 48.5 Å². The number of amides is 1. The number of aryl methyl sites for hydroxylation is 1. The van der Waals surface area contributed by atoms with Crippen LogP contribution in [0, 0.1) is 6.92 Å². The fraction of sp³-hybridized carbons (Fsp3) is 0.316. The second kappa shape index (κ2) is 8.82. The minimum absolute atomic E-state index is 0.0295. The van der Waals surface area contributed by atoms with Gasteiger partial charge in [-0.25, -0.2) is 0 Å². The molecule has 0 heterocycles. The van der Waals surface area contributed by atoms with Gasteiger partial charge in [0.1, 0.15) is 0 Å². The number of benzene rings is 2. The number of aromatic hydroxyl groups is 1. The number of ether oxygens (including phenoxy) is 1. The molecule has 0 saturated heterocycles. The molecule has 0 atom stereocenters. The van der Waals surface area contributed by atoms with Gasteiger partial charge in [-0.2, -0.15) is 0 Å². The fourth-order valence-corrected chi connectivity index (χ4v) is 2.40. The molecule has 0 fully saturated rings. The Bertz CT molecular complexity index is 673. The lowest BCUT2D eigenvalue weighted by Crippen LogP contribution is -2.37. The SMILES string of the molecule is CCN(CCNC(=O)COc1ccccc1O)c1cccc(C)c1. The number of anilines is 1. The first kappa shape index (κ1) is 17.7. The lowest BCUT2D eigenvalue weighted by molar-refractivity contribution is -0.123. The Labute approximate surface area is 142 Å². The smallest absolute Gasteiger partial charge is 0.258 e. The summed E-state index contributed by atoms with van der Waals surface area (Å²) in [5.41, 5.74) is 2.36. The van der Waals surface area contributed by atoms with Crippen LogP contribution in [-0.4, -0.2) is 37.3 Å². The van der Waals surface area contributed by atoms with Gasteiger partial charge >= 0.3 is 0 Å². The first-order chi connectivity index (χ1) is 11.6. The number of likely N-dealkylation sites (N-methyl/N-ethyl adjacent to an activating group) is 1. The van der Waals surface area contributed by atoms with Gasteiger partial charge in [0.25, 0.3) is 5.91 Å². The summed E-state index contributed by atoms with van der Waals surface area (Å²) < 4.78 is 5.31. The van der Waals surface area contributed by atoms with E-state index in [1.54, 1.807) is 18.2 Å². The van der Waals surface area contributed by atoms with Crippen molar-refractivity contribution in [3.8, 4) is 11.5 Å². The highest BCUT2D eigenvalue weighted by molar-refractivity contribution is 5.77. The van der Waals surface area contributed by atoms with E-state index >= 15 is 0 Å². The molecule has 0 aliphatic carbocycles. The monoisotopic (exact) mass is 328 g/mol. The van der Waals surface area contributed by atoms with Crippen molar-refractivity contribution in [2.24, 2.45) is 0 Å². The van der Waals surface area contributed by atoms with Gasteiger partial charge in [0.15, 0.2) is 18.1 Å². The van der Waals surface area contributed by atoms with E-state index in [2.05, 4.69) is 42.3 Å². The molecule has 2 aromatic rings. The van der Waals surface area contributed by atoms with E-state index in [1.165, 1.54) is 11.6 Å². The highest BCUT2D eigenvalue weighted by Crippen LogP contribution is 2.23. The van der Waals surface area contributed by atoms with Crippen LogP contribution < -0.4 is 15.0 Å². The summed E-state index contributed by atoms with van der Waals surface area (Å²) in [6.45, 7) is 6.16. The average molecular weight is 328 g/mol. The molecule has 2 rings (SSSR count). The highest BCUT2D eigenvalue weighted by Gasteiger charge is 2.07. The number of rotatable bonds is 8. The Morgan fingerprint density at radius 2 is 2.00 bits per heavy atom. The van der Waals surface area contributed by atoms with Crippen molar-refractivity contribution < 1.29 is 14.6 Å². The first-order valence-electron chi connectivity index (χ1n) is 8.09. The summed E-state index contributed by atoms with van der Waals surface area (Å²) >= 11 is 0. The molecular weight excluding hydrogens is 304 g/mol.